The van der Waals surface area contributed by atoms with Gasteiger partial charge in [0.2, 0.25) is 0 Å². The molecule has 0 amide bonds. The lowest BCUT2D eigenvalue weighted by atomic mass is 10.0. The zero-order chi connectivity index (χ0) is 25.1. The summed E-state index contributed by atoms with van der Waals surface area (Å²) in [5.41, 5.74) is 2.89. The van der Waals surface area contributed by atoms with Gasteiger partial charge in [-0.1, -0.05) is 23.9 Å². The maximum atomic E-state index is 13.4. The van der Waals surface area contributed by atoms with Gasteiger partial charge in [-0.25, -0.2) is 4.98 Å². The van der Waals surface area contributed by atoms with Gasteiger partial charge >= 0.3 is 0 Å². The van der Waals surface area contributed by atoms with Crippen LogP contribution in [0.2, 0.25) is 0 Å². The Kier molecular flexibility index (Phi) is 7.88. The number of nitrogens with zero attached hydrogens (tertiary/aromatic N) is 3. The first-order chi connectivity index (χ1) is 16.8. The first kappa shape index (κ1) is 25.3. The number of hydrogen-bond acceptors (Lipinski definition) is 7. The van der Waals surface area contributed by atoms with Crippen molar-refractivity contribution in [1.82, 2.24) is 19.4 Å². The van der Waals surface area contributed by atoms with E-state index in [1.807, 2.05) is 25.1 Å². The molecule has 1 aromatic carbocycles. The Balaban J connectivity index is 1.60. The van der Waals surface area contributed by atoms with Crippen LogP contribution < -0.4 is 5.56 Å². The Morgan fingerprint density at radius 2 is 1.89 bits per heavy atom. The number of aromatic amines is 1. The first-order valence-corrected chi connectivity index (χ1v) is 12.9. The quantitative estimate of drug-likeness (QED) is 0.274. The summed E-state index contributed by atoms with van der Waals surface area (Å²) in [6.45, 7) is 11.6. The van der Waals surface area contributed by atoms with Gasteiger partial charge in [-0.3, -0.25) is 23.9 Å². The minimum Gasteiger partial charge on any atom is -0.379 e. The number of H-pyrrole nitrogens is 1. The van der Waals surface area contributed by atoms with Gasteiger partial charge < -0.3 is 9.72 Å². The van der Waals surface area contributed by atoms with E-state index in [1.54, 1.807) is 24.5 Å². The minimum atomic E-state index is -0.495. The Labute approximate surface area is 209 Å². The van der Waals surface area contributed by atoms with E-state index in [4.69, 9.17) is 9.72 Å². The molecule has 1 fully saturated rings. The van der Waals surface area contributed by atoms with E-state index in [-0.39, 0.29) is 17.1 Å². The number of Topliss-reactive ketones (excluding diaryl/α,β-unsaturated/α-hetero) is 2. The highest BCUT2D eigenvalue weighted by Crippen LogP contribution is 2.28. The van der Waals surface area contributed by atoms with E-state index in [0.29, 0.717) is 45.1 Å². The van der Waals surface area contributed by atoms with Crippen molar-refractivity contribution in [2.24, 2.45) is 0 Å². The van der Waals surface area contributed by atoms with Crippen LogP contribution in [-0.4, -0.2) is 69.1 Å². The van der Waals surface area contributed by atoms with Gasteiger partial charge in [0.25, 0.3) is 5.56 Å². The molecular weight excluding hydrogens is 464 g/mol. The van der Waals surface area contributed by atoms with Gasteiger partial charge in [-0.2, -0.15) is 0 Å². The normalized spacial score (nSPS) is 15.4. The van der Waals surface area contributed by atoms with E-state index >= 15 is 0 Å². The number of aromatic nitrogens is 3. The van der Waals surface area contributed by atoms with E-state index < -0.39 is 5.25 Å². The van der Waals surface area contributed by atoms with Gasteiger partial charge in [0.1, 0.15) is 0 Å². The third kappa shape index (κ3) is 5.42. The molecule has 0 spiro atoms. The Morgan fingerprint density at radius 3 is 2.57 bits per heavy atom. The summed E-state index contributed by atoms with van der Waals surface area (Å²) in [5, 5.41) is 0.610. The monoisotopic (exact) mass is 496 g/mol. The molecule has 0 bridgehead atoms. The molecule has 1 atom stereocenters. The lowest BCUT2D eigenvalue weighted by Gasteiger charge is -2.26. The molecule has 0 aliphatic carbocycles. The number of carbonyl (C=O) groups excluding carboxylic acids is 2. The van der Waals surface area contributed by atoms with Crippen LogP contribution in [0.4, 0.5) is 0 Å². The van der Waals surface area contributed by atoms with Crippen molar-refractivity contribution >= 4 is 34.2 Å². The number of para-hydroxylation sites is 1. The maximum absolute atomic E-state index is 13.4. The van der Waals surface area contributed by atoms with Crippen LogP contribution in [0.5, 0.6) is 0 Å². The van der Waals surface area contributed by atoms with Crippen LogP contribution >= 0.6 is 11.8 Å². The minimum absolute atomic E-state index is 0.0686. The summed E-state index contributed by atoms with van der Waals surface area (Å²) >= 11 is 1.28. The molecule has 0 saturated carbocycles. The first-order valence-electron chi connectivity index (χ1n) is 12.0. The van der Waals surface area contributed by atoms with E-state index in [2.05, 4.69) is 9.88 Å². The standard InChI is InChI=1S/C26H32N4O4S/c1-16-22(18(3)31)17(2)27-23(16)24(32)19(4)35-26-28-21-9-6-5-8-20(21)25(33)30(26)11-7-10-29-12-14-34-15-13-29/h5-6,8-9,19,27H,7,10-15H2,1-4H3/t19-/m1/s1. The second kappa shape index (κ2) is 10.9. The summed E-state index contributed by atoms with van der Waals surface area (Å²) in [7, 11) is 0. The number of carbonyl (C=O) groups is 2. The van der Waals surface area contributed by atoms with Crippen molar-refractivity contribution in [2.75, 3.05) is 32.8 Å². The zero-order valence-electron chi connectivity index (χ0n) is 20.7. The van der Waals surface area contributed by atoms with Crippen LogP contribution in [-0.2, 0) is 11.3 Å². The predicted molar refractivity (Wildman–Crippen MR) is 138 cm³/mol. The molecule has 0 radical (unpaired) electrons. The number of benzene rings is 1. The van der Waals surface area contributed by atoms with Crippen molar-refractivity contribution < 1.29 is 14.3 Å². The van der Waals surface area contributed by atoms with Crippen LogP contribution in [0.25, 0.3) is 10.9 Å². The van der Waals surface area contributed by atoms with Crippen molar-refractivity contribution in [1.29, 1.82) is 0 Å². The summed E-state index contributed by atoms with van der Waals surface area (Å²) in [5.74, 6) is -0.189. The molecule has 1 aliphatic heterocycles. The summed E-state index contributed by atoms with van der Waals surface area (Å²) < 4.78 is 7.12. The number of morpholine rings is 1. The number of ether oxygens (including phenoxy) is 1. The van der Waals surface area contributed by atoms with Crippen LogP contribution in [0, 0.1) is 13.8 Å². The van der Waals surface area contributed by atoms with Gasteiger partial charge in [-0.15, -0.1) is 0 Å². The number of hydrogen-bond donors (Lipinski definition) is 1. The number of fused-ring (bicyclic) bond motifs is 1. The van der Waals surface area contributed by atoms with Gasteiger partial charge in [0.05, 0.1) is 35.1 Å². The maximum Gasteiger partial charge on any atom is 0.262 e. The molecule has 1 N–H and O–H groups in total. The average Bonchev–Trinajstić information content (AvgIpc) is 3.15. The number of nitrogens with one attached hydrogen (secondary N) is 1. The lowest BCUT2D eigenvalue weighted by Crippen LogP contribution is -2.37. The van der Waals surface area contributed by atoms with E-state index in [9.17, 15) is 14.4 Å². The summed E-state index contributed by atoms with van der Waals surface area (Å²) in [4.78, 5) is 48.9. The van der Waals surface area contributed by atoms with E-state index in [1.165, 1.54) is 18.7 Å². The predicted octanol–water partition coefficient (Wildman–Crippen LogP) is 3.63. The molecule has 1 aliphatic rings. The molecule has 3 aromatic rings. The van der Waals surface area contributed by atoms with Crippen molar-refractivity contribution in [3.8, 4) is 0 Å². The van der Waals surface area contributed by atoms with Gasteiger partial charge in [-0.05, 0) is 51.8 Å². The summed E-state index contributed by atoms with van der Waals surface area (Å²) in [6, 6.07) is 7.31. The fourth-order valence-corrected chi connectivity index (χ4v) is 5.65. The zero-order valence-corrected chi connectivity index (χ0v) is 21.5. The van der Waals surface area contributed by atoms with Crippen molar-refractivity contribution in [2.45, 2.75) is 51.1 Å². The molecule has 186 valence electrons. The Hall–Kier alpha value is -2.75. The van der Waals surface area contributed by atoms with E-state index in [0.717, 1.165) is 39.3 Å². The smallest absolute Gasteiger partial charge is 0.262 e. The average molecular weight is 497 g/mol. The molecular formula is C26H32N4O4S. The van der Waals surface area contributed by atoms with Crippen LogP contribution in [0.15, 0.2) is 34.2 Å². The molecule has 0 unspecified atom stereocenters. The third-order valence-electron chi connectivity index (χ3n) is 6.47. The third-order valence-corrected chi connectivity index (χ3v) is 7.56. The fraction of sp³-hybridized carbons (Fsp3) is 0.462. The SMILES string of the molecule is CC(=O)c1c(C)[nH]c(C(=O)[C@@H](C)Sc2nc3ccccc3c(=O)n2CCCN2CCOCC2)c1C. The number of thioether (sulfide) groups is 1. The molecule has 3 heterocycles. The lowest BCUT2D eigenvalue weighted by molar-refractivity contribution is 0.0368. The molecule has 2 aromatic heterocycles. The van der Waals surface area contributed by atoms with Gasteiger partial charge in [0, 0.05) is 37.4 Å². The highest BCUT2D eigenvalue weighted by atomic mass is 32.2. The molecule has 8 nitrogen and oxygen atoms in total. The number of ketones is 2. The largest absolute Gasteiger partial charge is 0.379 e. The summed E-state index contributed by atoms with van der Waals surface area (Å²) in [6.07, 6.45) is 0.798. The Morgan fingerprint density at radius 1 is 1.17 bits per heavy atom. The molecule has 35 heavy (non-hydrogen) atoms. The van der Waals surface area contributed by atoms with Gasteiger partial charge in [0.15, 0.2) is 16.7 Å². The van der Waals surface area contributed by atoms with Crippen LogP contribution in [0.3, 0.4) is 0 Å². The fourth-order valence-electron chi connectivity index (χ4n) is 4.65. The number of aryl methyl sites for hydroxylation is 1. The highest BCUT2D eigenvalue weighted by molar-refractivity contribution is 8.00. The Bertz CT molecular complexity index is 1310. The van der Waals surface area contributed by atoms with Crippen molar-refractivity contribution in [3.63, 3.8) is 0 Å². The van der Waals surface area contributed by atoms with Crippen molar-refractivity contribution in [3.05, 3.63) is 57.1 Å². The topological polar surface area (TPSA) is 97.3 Å². The van der Waals surface area contributed by atoms with Crippen LogP contribution in [0.1, 0.15) is 52.4 Å². The second-order valence-corrected chi connectivity index (χ2v) is 10.3. The molecule has 9 heteroatoms. The highest BCUT2D eigenvalue weighted by Gasteiger charge is 2.26. The molecule has 1 saturated heterocycles. The molecule has 4 rings (SSSR count). The number of rotatable bonds is 9. The second-order valence-electron chi connectivity index (χ2n) is 8.98.